The molecule has 0 amide bonds. The number of nitrogens with one attached hydrogen (secondary N) is 1. The molecule has 3 rings (SSSR count). The number of anilines is 1. The van der Waals surface area contributed by atoms with Crippen molar-refractivity contribution in [2.45, 2.75) is 38.1 Å². The summed E-state index contributed by atoms with van der Waals surface area (Å²) in [6.45, 7) is 2.09. The summed E-state index contributed by atoms with van der Waals surface area (Å²) in [7, 11) is 0. The second-order valence-electron chi connectivity index (χ2n) is 4.95. The molecule has 1 fully saturated rings. The highest BCUT2D eigenvalue weighted by Gasteiger charge is 2.38. The highest BCUT2D eigenvalue weighted by molar-refractivity contribution is 8.14. The van der Waals surface area contributed by atoms with E-state index in [4.69, 9.17) is 4.99 Å². The van der Waals surface area contributed by atoms with Crippen LogP contribution in [0.3, 0.4) is 0 Å². The minimum Gasteiger partial charge on any atom is -0.333 e. The Bertz CT molecular complexity index is 450. The van der Waals surface area contributed by atoms with Gasteiger partial charge in [-0.25, -0.2) is 0 Å². The van der Waals surface area contributed by atoms with Crippen molar-refractivity contribution in [1.82, 2.24) is 4.98 Å². The van der Waals surface area contributed by atoms with Crippen molar-refractivity contribution < 1.29 is 0 Å². The maximum absolute atomic E-state index is 4.90. The van der Waals surface area contributed by atoms with Gasteiger partial charge < -0.3 is 5.32 Å². The topological polar surface area (TPSA) is 37.3 Å². The van der Waals surface area contributed by atoms with Crippen LogP contribution >= 0.6 is 11.8 Å². The minimum absolute atomic E-state index is 0.253. The van der Waals surface area contributed by atoms with E-state index in [-0.39, 0.29) is 5.54 Å². The highest BCUT2D eigenvalue weighted by atomic mass is 32.2. The van der Waals surface area contributed by atoms with Crippen LogP contribution in [0, 0.1) is 6.92 Å². The predicted octanol–water partition coefficient (Wildman–Crippen LogP) is 3.22. The van der Waals surface area contributed by atoms with Crippen molar-refractivity contribution in [1.29, 1.82) is 0 Å². The van der Waals surface area contributed by atoms with Gasteiger partial charge >= 0.3 is 0 Å². The molecular weight excluding hydrogens is 230 g/mol. The van der Waals surface area contributed by atoms with Gasteiger partial charge in [-0.3, -0.25) is 9.98 Å². The number of hydrogen-bond donors (Lipinski definition) is 1. The van der Waals surface area contributed by atoms with Gasteiger partial charge in [-0.1, -0.05) is 24.6 Å². The van der Waals surface area contributed by atoms with Gasteiger partial charge in [0.1, 0.15) is 0 Å². The molecule has 1 aromatic heterocycles. The third kappa shape index (κ3) is 2.18. The molecule has 2 heterocycles. The molecule has 0 unspecified atom stereocenters. The first-order valence-electron chi connectivity index (χ1n) is 6.18. The zero-order valence-electron chi connectivity index (χ0n) is 10.1. The molecule has 4 heteroatoms. The number of hydrogen-bond acceptors (Lipinski definition) is 4. The van der Waals surface area contributed by atoms with Gasteiger partial charge in [-0.05, 0) is 31.4 Å². The van der Waals surface area contributed by atoms with Gasteiger partial charge in [0.15, 0.2) is 5.17 Å². The largest absolute Gasteiger partial charge is 0.333 e. The first kappa shape index (κ1) is 11.1. The van der Waals surface area contributed by atoms with E-state index in [2.05, 4.69) is 17.2 Å². The van der Waals surface area contributed by atoms with E-state index < -0.39 is 0 Å². The molecule has 1 aliphatic heterocycles. The summed E-state index contributed by atoms with van der Waals surface area (Å²) >= 11 is 1.85. The number of thioether (sulfide) groups is 1. The molecule has 1 spiro atoms. The monoisotopic (exact) mass is 247 g/mol. The number of pyridine rings is 1. The Kier molecular flexibility index (Phi) is 2.82. The first-order chi connectivity index (χ1) is 8.27. The van der Waals surface area contributed by atoms with Crippen LogP contribution in [0.25, 0.3) is 0 Å². The molecule has 0 aromatic carbocycles. The lowest BCUT2D eigenvalue weighted by molar-refractivity contribution is 0.508. The van der Waals surface area contributed by atoms with E-state index in [1.165, 1.54) is 31.2 Å². The molecule has 17 heavy (non-hydrogen) atoms. The second kappa shape index (κ2) is 4.33. The Morgan fingerprint density at radius 3 is 2.94 bits per heavy atom. The van der Waals surface area contributed by atoms with E-state index in [1.807, 2.05) is 30.2 Å². The fraction of sp³-hybridized carbons (Fsp3) is 0.538. The van der Waals surface area contributed by atoms with E-state index in [9.17, 15) is 0 Å². The Morgan fingerprint density at radius 1 is 1.35 bits per heavy atom. The minimum atomic E-state index is 0.253. The number of amidine groups is 1. The standard InChI is InChI=1S/C13H17N3S/c1-10-4-7-14-8-11(10)15-12-16-13(9-17-12)5-2-3-6-13/h4,7-8H,2-3,5-6,9H2,1H3,(H,15,16). The molecule has 2 aliphatic rings. The molecule has 1 aliphatic carbocycles. The van der Waals surface area contributed by atoms with Crippen molar-refractivity contribution in [3.63, 3.8) is 0 Å². The van der Waals surface area contributed by atoms with Crippen LogP contribution < -0.4 is 5.32 Å². The van der Waals surface area contributed by atoms with Crippen LogP contribution in [0.15, 0.2) is 23.5 Å². The number of nitrogens with zero attached hydrogens (tertiary/aromatic N) is 2. The zero-order valence-corrected chi connectivity index (χ0v) is 10.9. The van der Waals surface area contributed by atoms with Gasteiger partial charge in [0.25, 0.3) is 0 Å². The maximum Gasteiger partial charge on any atom is 0.161 e. The van der Waals surface area contributed by atoms with Crippen LogP contribution in [0.1, 0.15) is 31.2 Å². The van der Waals surface area contributed by atoms with Crippen LogP contribution in [-0.2, 0) is 0 Å². The highest BCUT2D eigenvalue weighted by Crippen LogP contribution is 2.41. The third-order valence-corrected chi connectivity index (χ3v) is 4.78. The quantitative estimate of drug-likeness (QED) is 0.828. The normalized spacial score (nSPS) is 21.8. The summed E-state index contributed by atoms with van der Waals surface area (Å²) < 4.78 is 0. The molecule has 90 valence electrons. The summed E-state index contributed by atoms with van der Waals surface area (Å²) in [6, 6.07) is 2.02. The Balaban J connectivity index is 1.77. The fourth-order valence-electron chi connectivity index (χ4n) is 2.55. The Hall–Kier alpha value is -1.03. The van der Waals surface area contributed by atoms with Crippen LogP contribution in [0.2, 0.25) is 0 Å². The SMILES string of the molecule is Cc1ccncc1NC1=NC2(CCCC2)CS1. The molecule has 0 saturated heterocycles. The van der Waals surface area contributed by atoms with E-state index >= 15 is 0 Å². The van der Waals surface area contributed by atoms with Crippen molar-refractivity contribution in [2.24, 2.45) is 4.99 Å². The van der Waals surface area contributed by atoms with Crippen LogP contribution in [0.5, 0.6) is 0 Å². The molecule has 0 bridgehead atoms. The number of aromatic nitrogens is 1. The summed E-state index contributed by atoms with van der Waals surface area (Å²) in [6.07, 6.45) is 8.89. The smallest absolute Gasteiger partial charge is 0.161 e. The molecule has 0 atom stereocenters. The van der Waals surface area contributed by atoms with Crippen LogP contribution in [0.4, 0.5) is 5.69 Å². The lowest BCUT2D eigenvalue weighted by Crippen LogP contribution is -2.21. The van der Waals surface area contributed by atoms with E-state index in [0.29, 0.717) is 0 Å². The van der Waals surface area contributed by atoms with Gasteiger partial charge in [-0.15, -0.1) is 0 Å². The zero-order chi connectivity index (χ0) is 11.7. The molecule has 1 saturated carbocycles. The average molecular weight is 247 g/mol. The molecular formula is C13H17N3S. The number of aryl methyl sites for hydroxylation is 1. The molecule has 0 radical (unpaired) electrons. The lowest BCUT2D eigenvalue weighted by Gasteiger charge is -2.16. The Morgan fingerprint density at radius 2 is 2.18 bits per heavy atom. The number of aliphatic imine (C=N–C) groups is 1. The van der Waals surface area contributed by atoms with Gasteiger partial charge in [-0.2, -0.15) is 0 Å². The summed E-state index contributed by atoms with van der Waals surface area (Å²) in [5.41, 5.74) is 2.55. The predicted molar refractivity (Wildman–Crippen MR) is 73.7 cm³/mol. The summed E-state index contributed by atoms with van der Waals surface area (Å²) in [4.78, 5) is 9.05. The summed E-state index contributed by atoms with van der Waals surface area (Å²) in [5.74, 6) is 1.15. The number of rotatable bonds is 1. The fourth-order valence-corrected chi connectivity index (χ4v) is 3.74. The van der Waals surface area contributed by atoms with Crippen molar-refractivity contribution in [3.8, 4) is 0 Å². The van der Waals surface area contributed by atoms with E-state index in [0.717, 1.165) is 16.6 Å². The van der Waals surface area contributed by atoms with Gasteiger partial charge in [0, 0.05) is 11.9 Å². The van der Waals surface area contributed by atoms with Gasteiger partial charge in [0.05, 0.1) is 17.4 Å². The third-order valence-electron chi connectivity index (χ3n) is 3.63. The maximum atomic E-state index is 4.90. The van der Waals surface area contributed by atoms with Crippen molar-refractivity contribution in [3.05, 3.63) is 24.0 Å². The Labute approximate surface area is 106 Å². The van der Waals surface area contributed by atoms with Crippen molar-refractivity contribution >= 4 is 22.6 Å². The van der Waals surface area contributed by atoms with Crippen LogP contribution in [-0.4, -0.2) is 21.4 Å². The van der Waals surface area contributed by atoms with Crippen molar-refractivity contribution in [2.75, 3.05) is 11.1 Å². The summed E-state index contributed by atoms with van der Waals surface area (Å²) in [5, 5.41) is 4.48. The van der Waals surface area contributed by atoms with E-state index in [1.54, 1.807) is 0 Å². The molecule has 1 aromatic rings. The molecule has 3 nitrogen and oxygen atoms in total. The second-order valence-corrected chi connectivity index (χ2v) is 5.92. The average Bonchev–Trinajstić information content (AvgIpc) is 2.94. The first-order valence-corrected chi connectivity index (χ1v) is 7.16. The lowest BCUT2D eigenvalue weighted by atomic mass is 10.0. The van der Waals surface area contributed by atoms with Gasteiger partial charge in [0.2, 0.25) is 0 Å². The molecule has 1 N–H and O–H groups in total.